The highest BCUT2D eigenvalue weighted by atomic mass is 19.1. The molecule has 0 aliphatic carbocycles. The third-order valence-electron chi connectivity index (χ3n) is 2.84. The molecule has 2 rings (SSSR count). The highest BCUT2D eigenvalue weighted by molar-refractivity contribution is 5.32. The van der Waals surface area contributed by atoms with Crippen LogP contribution in [-0.4, -0.2) is 19.3 Å². The Kier molecular flexibility index (Phi) is 3.78. The van der Waals surface area contributed by atoms with Crippen LogP contribution in [0.25, 0.3) is 0 Å². The van der Waals surface area contributed by atoms with E-state index in [0.717, 1.165) is 30.8 Å². The average Bonchev–Trinajstić information content (AvgIpc) is 2.29. The van der Waals surface area contributed by atoms with Gasteiger partial charge in [0.25, 0.3) is 0 Å². The van der Waals surface area contributed by atoms with Gasteiger partial charge < -0.3 is 9.47 Å². The molecular weight excluding hydrogens is 207 g/mol. The van der Waals surface area contributed by atoms with Gasteiger partial charge >= 0.3 is 0 Å². The summed E-state index contributed by atoms with van der Waals surface area (Å²) in [7, 11) is 0. The van der Waals surface area contributed by atoms with E-state index in [1.807, 2.05) is 6.92 Å². The number of rotatable bonds is 3. The van der Waals surface area contributed by atoms with Crippen LogP contribution in [0.2, 0.25) is 0 Å². The van der Waals surface area contributed by atoms with E-state index < -0.39 is 0 Å². The lowest BCUT2D eigenvalue weighted by molar-refractivity contribution is -0.0112. The average molecular weight is 224 g/mol. The number of halogens is 1. The van der Waals surface area contributed by atoms with Gasteiger partial charge in [0.2, 0.25) is 0 Å². The Morgan fingerprint density at radius 3 is 3.00 bits per heavy atom. The maximum atomic E-state index is 12.9. The molecule has 0 aromatic heterocycles. The smallest absolute Gasteiger partial charge is 0.123 e. The Labute approximate surface area is 95.4 Å². The maximum Gasteiger partial charge on any atom is 0.123 e. The molecule has 0 spiro atoms. The molecule has 1 heterocycles. The molecule has 0 N–H and O–H groups in total. The summed E-state index contributed by atoms with van der Waals surface area (Å²) in [6.45, 7) is 3.24. The molecule has 1 aromatic carbocycles. The summed E-state index contributed by atoms with van der Waals surface area (Å²) in [6.07, 6.45) is 3.60. The van der Waals surface area contributed by atoms with E-state index in [-0.39, 0.29) is 11.9 Å². The summed E-state index contributed by atoms with van der Waals surface area (Å²) in [6, 6.07) is 4.58. The molecule has 1 aliphatic heterocycles. The topological polar surface area (TPSA) is 18.5 Å². The molecular formula is C13H17FO2. The first-order chi connectivity index (χ1) is 7.75. The minimum Gasteiger partial charge on any atom is -0.491 e. The largest absolute Gasteiger partial charge is 0.491 e. The molecule has 0 bridgehead atoms. The zero-order chi connectivity index (χ0) is 11.4. The van der Waals surface area contributed by atoms with Crippen molar-refractivity contribution in [3.05, 3.63) is 29.6 Å². The standard InChI is InChI=1S/C13H17FO2/c1-10-8-11(14)5-6-13(10)16-9-12-4-2-3-7-15-12/h5-6,8,12H,2-4,7,9H2,1H3. The Morgan fingerprint density at radius 1 is 1.44 bits per heavy atom. The van der Waals surface area contributed by atoms with Crippen LogP contribution in [0.5, 0.6) is 5.75 Å². The summed E-state index contributed by atoms with van der Waals surface area (Å²) in [5.41, 5.74) is 0.829. The van der Waals surface area contributed by atoms with E-state index in [1.54, 1.807) is 6.07 Å². The number of hydrogen-bond donors (Lipinski definition) is 0. The van der Waals surface area contributed by atoms with Gasteiger partial charge in [-0.1, -0.05) is 0 Å². The summed E-state index contributed by atoms with van der Waals surface area (Å²) in [5, 5.41) is 0. The normalized spacial score (nSPS) is 20.8. The van der Waals surface area contributed by atoms with Gasteiger partial charge in [-0.25, -0.2) is 4.39 Å². The lowest BCUT2D eigenvalue weighted by Crippen LogP contribution is -2.25. The minimum atomic E-state index is -0.223. The van der Waals surface area contributed by atoms with Gasteiger partial charge in [-0.2, -0.15) is 0 Å². The molecule has 0 amide bonds. The van der Waals surface area contributed by atoms with Crippen molar-refractivity contribution in [2.45, 2.75) is 32.3 Å². The van der Waals surface area contributed by atoms with Crippen LogP contribution in [0.1, 0.15) is 24.8 Å². The number of aryl methyl sites for hydroxylation is 1. The van der Waals surface area contributed by atoms with Crippen molar-refractivity contribution >= 4 is 0 Å². The van der Waals surface area contributed by atoms with Crippen LogP contribution >= 0.6 is 0 Å². The van der Waals surface area contributed by atoms with Crippen LogP contribution in [0.15, 0.2) is 18.2 Å². The van der Waals surface area contributed by atoms with Crippen LogP contribution in [0.4, 0.5) is 4.39 Å². The first-order valence-electron chi connectivity index (χ1n) is 5.76. The fourth-order valence-corrected chi connectivity index (χ4v) is 1.90. The van der Waals surface area contributed by atoms with Crippen LogP contribution < -0.4 is 4.74 Å². The Hall–Kier alpha value is -1.09. The third kappa shape index (κ3) is 2.95. The molecule has 1 fully saturated rings. The summed E-state index contributed by atoms with van der Waals surface area (Å²) < 4.78 is 24.1. The first kappa shape index (κ1) is 11.4. The van der Waals surface area contributed by atoms with Crippen molar-refractivity contribution in [2.75, 3.05) is 13.2 Å². The van der Waals surface area contributed by atoms with Gasteiger partial charge in [0.05, 0.1) is 6.10 Å². The number of benzene rings is 1. The van der Waals surface area contributed by atoms with Crippen molar-refractivity contribution in [3.8, 4) is 5.75 Å². The molecule has 0 radical (unpaired) electrons. The molecule has 88 valence electrons. The molecule has 2 nitrogen and oxygen atoms in total. The van der Waals surface area contributed by atoms with Gasteiger partial charge in [-0.05, 0) is 49.9 Å². The van der Waals surface area contributed by atoms with Crippen LogP contribution in [0, 0.1) is 12.7 Å². The van der Waals surface area contributed by atoms with Crippen molar-refractivity contribution in [2.24, 2.45) is 0 Å². The Morgan fingerprint density at radius 2 is 2.31 bits per heavy atom. The molecule has 1 atom stereocenters. The zero-order valence-electron chi connectivity index (χ0n) is 9.54. The predicted molar refractivity (Wildman–Crippen MR) is 60.2 cm³/mol. The van der Waals surface area contributed by atoms with Crippen molar-refractivity contribution in [3.63, 3.8) is 0 Å². The van der Waals surface area contributed by atoms with E-state index in [4.69, 9.17) is 9.47 Å². The SMILES string of the molecule is Cc1cc(F)ccc1OCC1CCCCO1. The summed E-state index contributed by atoms with van der Waals surface area (Å²) in [5.74, 6) is 0.523. The fourth-order valence-electron chi connectivity index (χ4n) is 1.90. The molecule has 1 saturated heterocycles. The highest BCUT2D eigenvalue weighted by Gasteiger charge is 2.14. The Balaban J connectivity index is 1.88. The molecule has 1 unspecified atom stereocenters. The quantitative estimate of drug-likeness (QED) is 0.785. The summed E-state index contributed by atoms with van der Waals surface area (Å²) in [4.78, 5) is 0. The molecule has 16 heavy (non-hydrogen) atoms. The van der Waals surface area contributed by atoms with E-state index in [1.165, 1.54) is 18.6 Å². The lowest BCUT2D eigenvalue weighted by atomic mass is 10.1. The van der Waals surface area contributed by atoms with Crippen molar-refractivity contribution in [1.29, 1.82) is 0 Å². The lowest BCUT2D eigenvalue weighted by Gasteiger charge is -2.23. The minimum absolute atomic E-state index is 0.193. The van der Waals surface area contributed by atoms with Gasteiger partial charge in [0, 0.05) is 6.61 Å². The van der Waals surface area contributed by atoms with E-state index >= 15 is 0 Å². The maximum absolute atomic E-state index is 12.9. The van der Waals surface area contributed by atoms with E-state index in [9.17, 15) is 4.39 Å². The van der Waals surface area contributed by atoms with Crippen molar-refractivity contribution < 1.29 is 13.9 Å². The van der Waals surface area contributed by atoms with Gasteiger partial charge in [0.1, 0.15) is 18.2 Å². The molecule has 0 saturated carbocycles. The van der Waals surface area contributed by atoms with Gasteiger partial charge in [-0.3, -0.25) is 0 Å². The second-order valence-corrected chi connectivity index (χ2v) is 4.21. The predicted octanol–water partition coefficient (Wildman–Crippen LogP) is 3.08. The van der Waals surface area contributed by atoms with Crippen LogP contribution in [-0.2, 0) is 4.74 Å². The monoisotopic (exact) mass is 224 g/mol. The third-order valence-corrected chi connectivity index (χ3v) is 2.84. The molecule has 1 aliphatic rings. The second-order valence-electron chi connectivity index (χ2n) is 4.21. The van der Waals surface area contributed by atoms with Gasteiger partial charge in [0.15, 0.2) is 0 Å². The second kappa shape index (κ2) is 5.30. The summed E-state index contributed by atoms with van der Waals surface area (Å²) >= 11 is 0. The number of ether oxygens (including phenoxy) is 2. The fraction of sp³-hybridized carbons (Fsp3) is 0.538. The highest BCUT2D eigenvalue weighted by Crippen LogP contribution is 2.20. The van der Waals surface area contributed by atoms with E-state index in [2.05, 4.69) is 0 Å². The Bertz CT molecular complexity index is 346. The molecule has 1 aromatic rings. The first-order valence-corrected chi connectivity index (χ1v) is 5.76. The van der Waals surface area contributed by atoms with Gasteiger partial charge in [-0.15, -0.1) is 0 Å². The zero-order valence-corrected chi connectivity index (χ0v) is 9.54. The molecule has 3 heteroatoms. The van der Waals surface area contributed by atoms with E-state index in [0.29, 0.717) is 6.61 Å². The van der Waals surface area contributed by atoms with Crippen LogP contribution in [0.3, 0.4) is 0 Å². The number of hydrogen-bond acceptors (Lipinski definition) is 2. The van der Waals surface area contributed by atoms with Crippen molar-refractivity contribution in [1.82, 2.24) is 0 Å².